The van der Waals surface area contributed by atoms with E-state index in [9.17, 15) is 9.90 Å². The van der Waals surface area contributed by atoms with Crippen LogP contribution in [-0.2, 0) is 4.74 Å². The minimum atomic E-state index is -0.469. The van der Waals surface area contributed by atoms with Crippen LogP contribution in [0.5, 0.6) is 0 Å². The lowest BCUT2D eigenvalue weighted by Crippen LogP contribution is -2.01. The van der Waals surface area contributed by atoms with E-state index in [2.05, 4.69) is 0 Å². The lowest BCUT2D eigenvalue weighted by Gasteiger charge is -2.02. The van der Waals surface area contributed by atoms with Crippen molar-refractivity contribution in [3.63, 3.8) is 0 Å². The molecular formula is C10H14O3S. The Morgan fingerprint density at radius 3 is 2.86 bits per heavy atom. The number of hydrogen-bond donors (Lipinski definition) is 1. The largest absolute Gasteiger partial charge is 0.462 e. The Balaban J connectivity index is 2.72. The molecule has 0 saturated heterocycles. The third-order valence-corrected chi connectivity index (χ3v) is 2.99. The van der Waals surface area contributed by atoms with Gasteiger partial charge in [-0.25, -0.2) is 4.79 Å². The van der Waals surface area contributed by atoms with E-state index in [1.54, 1.807) is 19.1 Å². The molecule has 0 aliphatic carbocycles. The van der Waals surface area contributed by atoms with Gasteiger partial charge in [0, 0.05) is 4.88 Å². The normalized spacial score (nSPS) is 12.5. The third-order valence-electron chi connectivity index (χ3n) is 1.82. The molecule has 1 heterocycles. The van der Waals surface area contributed by atoms with Gasteiger partial charge in [-0.2, -0.15) is 0 Å². The fourth-order valence-corrected chi connectivity index (χ4v) is 2.02. The molecule has 1 rings (SSSR count). The van der Waals surface area contributed by atoms with Gasteiger partial charge in [0.1, 0.15) is 4.88 Å². The van der Waals surface area contributed by atoms with E-state index in [0.717, 1.165) is 4.88 Å². The molecule has 0 aliphatic heterocycles. The Bertz CT molecular complexity index is 306. The lowest BCUT2D eigenvalue weighted by atomic mass is 10.2. The first-order chi connectivity index (χ1) is 6.69. The van der Waals surface area contributed by atoms with Crippen molar-refractivity contribution < 1.29 is 14.6 Å². The second-order valence-electron chi connectivity index (χ2n) is 2.85. The third kappa shape index (κ3) is 2.56. The Labute approximate surface area is 87.3 Å². The van der Waals surface area contributed by atoms with Gasteiger partial charge in [-0.05, 0) is 25.5 Å². The molecule has 0 fully saturated rings. The van der Waals surface area contributed by atoms with Gasteiger partial charge >= 0.3 is 5.97 Å². The first-order valence-electron chi connectivity index (χ1n) is 4.64. The van der Waals surface area contributed by atoms with Crippen LogP contribution in [0.2, 0.25) is 0 Å². The van der Waals surface area contributed by atoms with Crippen molar-refractivity contribution in [2.45, 2.75) is 26.4 Å². The average molecular weight is 214 g/mol. The monoisotopic (exact) mass is 214 g/mol. The molecule has 0 spiro atoms. The number of ether oxygens (including phenoxy) is 1. The number of aliphatic hydroxyl groups excluding tert-OH is 1. The fourth-order valence-electron chi connectivity index (χ4n) is 1.05. The van der Waals surface area contributed by atoms with Crippen LogP contribution in [0, 0.1) is 0 Å². The summed E-state index contributed by atoms with van der Waals surface area (Å²) >= 11 is 1.29. The van der Waals surface area contributed by atoms with Crippen molar-refractivity contribution in [2.75, 3.05) is 6.61 Å². The maximum absolute atomic E-state index is 11.3. The molecule has 0 unspecified atom stereocenters. The Kier molecular flexibility index (Phi) is 4.10. The molecule has 1 atom stereocenters. The maximum atomic E-state index is 11.3. The summed E-state index contributed by atoms with van der Waals surface area (Å²) < 4.78 is 4.84. The zero-order valence-corrected chi connectivity index (χ0v) is 9.13. The summed E-state index contributed by atoms with van der Waals surface area (Å²) in [6.45, 7) is 4.05. The Hall–Kier alpha value is -0.870. The number of aliphatic hydroxyl groups is 1. The van der Waals surface area contributed by atoms with Gasteiger partial charge < -0.3 is 9.84 Å². The topological polar surface area (TPSA) is 46.5 Å². The molecule has 0 saturated carbocycles. The van der Waals surface area contributed by atoms with Gasteiger partial charge in [0.05, 0.1) is 12.7 Å². The molecule has 4 heteroatoms. The van der Waals surface area contributed by atoms with Gasteiger partial charge in [-0.1, -0.05) is 6.92 Å². The van der Waals surface area contributed by atoms with E-state index in [0.29, 0.717) is 17.9 Å². The first-order valence-corrected chi connectivity index (χ1v) is 5.45. The van der Waals surface area contributed by atoms with E-state index in [-0.39, 0.29) is 5.97 Å². The van der Waals surface area contributed by atoms with Crippen molar-refractivity contribution in [1.29, 1.82) is 0 Å². The molecule has 14 heavy (non-hydrogen) atoms. The molecule has 3 nitrogen and oxygen atoms in total. The predicted molar refractivity (Wildman–Crippen MR) is 55.5 cm³/mol. The van der Waals surface area contributed by atoms with Gasteiger partial charge in [-0.15, -0.1) is 11.3 Å². The van der Waals surface area contributed by atoms with Crippen LogP contribution in [0.4, 0.5) is 0 Å². The fraction of sp³-hybridized carbons (Fsp3) is 0.500. The molecule has 1 aromatic rings. The molecule has 0 radical (unpaired) electrons. The Morgan fingerprint density at radius 1 is 1.57 bits per heavy atom. The first kappa shape index (κ1) is 11.2. The summed E-state index contributed by atoms with van der Waals surface area (Å²) in [7, 11) is 0. The predicted octanol–water partition coefficient (Wildman–Crippen LogP) is 2.37. The molecular weight excluding hydrogens is 200 g/mol. The smallest absolute Gasteiger partial charge is 0.348 e. The number of hydrogen-bond acceptors (Lipinski definition) is 4. The van der Waals surface area contributed by atoms with Crippen molar-refractivity contribution in [1.82, 2.24) is 0 Å². The summed E-state index contributed by atoms with van der Waals surface area (Å²) in [6.07, 6.45) is 0.186. The van der Waals surface area contributed by atoms with E-state index in [1.165, 1.54) is 11.3 Å². The molecule has 0 bridgehead atoms. The summed E-state index contributed by atoms with van der Waals surface area (Å²) in [4.78, 5) is 12.6. The summed E-state index contributed by atoms with van der Waals surface area (Å²) in [6, 6.07) is 3.46. The van der Waals surface area contributed by atoms with Crippen LogP contribution in [0.1, 0.15) is 40.9 Å². The quantitative estimate of drug-likeness (QED) is 0.783. The van der Waals surface area contributed by atoms with E-state index >= 15 is 0 Å². The van der Waals surface area contributed by atoms with Gasteiger partial charge in [-0.3, -0.25) is 0 Å². The number of carbonyl (C=O) groups excluding carboxylic acids is 1. The number of thiophene rings is 1. The van der Waals surface area contributed by atoms with Crippen molar-refractivity contribution >= 4 is 17.3 Å². The highest BCUT2D eigenvalue weighted by molar-refractivity contribution is 7.14. The highest BCUT2D eigenvalue weighted by Gasteiger charge is 2.13. The highest BCUT2D eigenvalue weighted by Crippen LogP contribution is 2.25. The second kappa shape index (κ2) is 5.12. The summed E-state index contributed by atoms with van der Waals surface area (Å²) in [5.41, 5.74) is 0. The molecule has 0 aromatic carbocycles. The highest BCUT2D eigenvalue weighted by atomic mass is 32.1. The minimum absolute atomic E-state index is 0.313. The zero-order valence-electron chi connectivity index (χ0n) is 8.32. The SMILES string of the molecule is CCOC(=O)c1ccc([C@H](O)CC)s1. The molecule has 0 aliphatic rings. The van der Waals surface area contributed by atoms with Gasteiger partial charge in [0.25, 0.3) is 0 Å². The van der Waals surface area contributed by atoms with Crippen LogP contribution in [-0.4, -0.2) is 17.7 Å². The lowest BCUT2D eigenvalue weighted by molar-refractivity contribution is 0.0532. The van der Waals surface area contributed by atoms with Crippen LogP contribution in [0.15, 0.2) is 12.1 Å². The number of carbonyl (C=O) groups is 1. The molecule has 78 valence electrons. The van der Waals surface area contributed by atoms with Crippen LogP contribution < -0.4 is 0 Å². The van der Waals surface area contributed by atoms with Crippen LogP contribution in [0.25, 0.3) is 0 Å². The average Bonchev–Trinajstić information content (AvgIpc) is 2.66. The standard InChI is InChI=1S/C10H14O3S/c1-3-7(11)8-5-6-9(14-8)10(12)13-4-2/h5-7,11H,3-4H2,1-2H3/t7-/m1/s1. The van der Waals surface area contributed by atoms with Gasteiger partial charge in [0.2, 0.25) is 0 Å². The van der Waals surface area contributed by atoms with Crippen molar-refractivity contribution in [3.8, 4) is 0 Å². The molecule has 0 amide bonds. The van der Waals surface area contributed by atoms with E-state index in [4.69, 9.17) is 4.74 Å². The van der Waals surface area contributed by atoms with Crippen LogP contribution >= 0.6 is 11.3 Å². The molecule has 1 aromatic heterocycles. The summed E-state index contributed by atoms with van der Waals surface area (Å²) in [5, 5.41) is 9.51. The van der Waals surface area contributed by atoms with Crippen LogP contribution in [0.3, 0.4) is 0 Å². The van der Waals surface area contributed by atoms with Gasteiger partial charge in [0.15, 0.2) is 0 Å². The summed E-state index contributed by atoms with van der Waals surface area (Å²) in [5.74, 6) is -0.313. The Morgan fingerprint density at radius 2 is 2.29 bits per heavy atom. The zero-order chi connectivity index (χ0) is 10.6. The van der Waals surface area contributed by atoms with E-state index in [1.807, 2.05) is 6.92 Å². The van der Waals surface area contributed by atoms with E-state index < -0.39 is 6.10 Å². The second-order valence-corrected chi connectivity index (χ2v) is 3.96. The molecule has 1 N–H and O–H groups in total. The maximum Gasteiger partial charge on any atom is 0.348 e. The minimum Gasteiger partial charge on any atom is -0.462 e. The van der Waals surface area contributed by atoms with Crippen molar-refractivity contribution in [3.05, 3.63) is 21.9 Å². The number of rotatable bonds is 4. The van der Waals surface area contributed by atoms with Crippen molar-refractivity contribution in [2.24, 2.45) is 0 Å². The number of esters is 1.